The molecular weight excluding hydrogens is 397 g/mol. The highest BCUT2D eigenvalue weighted by atomic mass is 35.6. The van der Waals surface area contributed by atoms with Gasteiger partial charge in [0.05, 0.1) is 7.11 Å². The highest BCUT2D eigenvalue weighted by Crippen LogP contribution is 2.37. The summed E-state index contributed by atoms with van der Waals surface area (Å²) in [7, 11) is 3.72. The van der Waals surface area contributed by atoms with Crippen LogP contribution in [0.2, 0.25) is 0 Å². The third-order valence-corrected chi connectivity index (χ3v) is 4.78. The van der Waals surface area contributed by atoms with Crippen LogP contribution in [0.15, 0.2) is 24.3 Å². The molecule has 0 saturated carbocycles. The van der Waals surface area contributed by atoms with Crippen LogP contribution < -0.4 is 10.1 Å². The fraction of sp³-hybridized carbons (Fsp3) is 0.471. The Balaban J connectivity index is 1.93. The molecule has 2 heterocycles. The summed E-state index contributed by atoms with van der Waals surface area (Å²) in [6.45, 7) is 2.03. The highest BCUT2D eigenvalue weighted by molar-refractivity contribution is 6.66. The molecule has 9 heteroatoms. The van der Waals surface area contributed by atoms with E-state index in [4.69, 9.17) is 39.5 Å². The number of nitrogens with one attached hydrogen (secondary N) is 1. The molecular formula is C17H20Cl3N5O. The first-order valence-electron chi connectivity index (χ1n) is 8.28. The number of benzene rings is 1. The molecule has 0 bridgehead atoms. The Bertz CT molecular complexity index is 760. The Kier molecular flexibility index (Phi) is 6.07. The predicted octanol–water partition coefficient (Wildman–Crippen LogP) is 3.88. The van der Waals surface area contributed by atoms with Gasteiger partial charge in [0.15, 0.2) is 11.6 Å². The molecule has 0 unspecified atom stereocenters. The topological polar surface area (TPSA) is 63.2 Å². The molecule has 1 aromatic carbocycles. The molecule has 6 nitrogen and oxygen atoms in total. The molecule has 3 rings (SSSR count). The maximum Gasteiger partial charge on any atom is 0.250 e. The number of rotatable bonds is 4. The quantitative estimate of drug-likeness (QED) is 0.763. The summed E-state index contributed by atoms with van der Waals surface area (Å²) < 4.78 is 3.53. The van der Waals surface area contributed by atoms with Crippen LogP contribution in [0.25, 0.3) is 11.4 Å². The maximum absolute atomic E-state index is 6.03. The van der Waals surface area contributed by atoms with E-state index in [9.17, 15) is 0 Å². The number of aromatic nitrogens is 3. The van der Waals surface area contributed by atoms with Gasteiger partial charge in [-0.1, -0.05) is 46.9 Å². The Morgan fingerprint density at radius 1 is 1.15 bits per heavy atom. The molecule has 2 aromatic rings. The Labute approximate surface area is 167 Å². The van der Waals surface area contributed by atoms with Gasteiger partial charge in [0.1, 0.15) is 5.75 Å². The van der Waals surface area contributed by atoms with E-state index in [1.807, 2.05) is 24.3 Å². The first kappa shape index (κ1) is 19.4. The second kappa shape index (κ2) is 8.13. The van der Waals surface area contributed by atoms with E-state index >= 15 is 0 Å². The minimum Gasteiger partial charge on any atom is -0.497 e. The molecule has 0 spiro atoms. The van der Waals surface area contributed by atoms with Crippen molar-refractivity contribution in [2.24, 2.45) is 0 Å². The zero-order chi connectivity index (χ0) is 18.7. The summed E-state index contributed by atoms with van der Waals surface area (Å²) in [5.41, 5.74) is 0.758. The minimum absolute atomic E-state index is 0.0887. The number of nitrogens with zero attached hydrogens (tertiary/aromatic N) is 4. The van der Waals surface area contributed by atoms with E-state index in [1.54, 1.807) is 7.11 Å². The van der Waals surface area contributed by atoms with Gasteiger partial charge >= 0.3 is 0 Å². The lowest BCUT2D eigenvalue weighted by molar-refractivity contribution is 0.263. The summed E-state index contributed by atoms with van der Waals surface area (Å²) in [4.78, 5) is 15.5. The molecule has 1 aromatic heterocycles. The molecule has 0 amide bonds. The van der Waals surface area contributed by atoms with E-state index in [1.165, 1.54) is 0 Å². The van der Waals surface area contributed by atoms with Crippen molar-refractivity contribution in [3.8, 4) is 17.1 Å². The maximum atomic E-state index is 6.03. The molecule has 0 aliphatic carbocycles. The van der Waals surface area contributed by atoms with E-state index in [0.29, 0.717) is 17.5 Å². The number of methoxy groups -OCH3 is 1. The van der Waals surface area contributed by atoms with Crippen molar-refractivity contribution in [3.63, 3.8) is 0 Å². The fourth-order valence-electron chi connectivity index (χ4n) is 2.79. The number of ether oxygens (including phenoxy) is 1. The molecule has 1 N–H and O–H groups in total. The predicted molar refractivity (Wildman–Crippen MR) is 105 cm³/mol. The Morgan fingerprint density at radius 2 is 1.88 bits per heavy atom. The fourth-order valence-corrected chi connectivity index (χ4v) is 3.05. The van der Waals surface area contributed by atoms with Crippen molar-refractivity contribution < 1.29 is 4.74 Å². The van der Waals surface area contributed by atoms with Gasteiger partial charge < -0.3 is 15.0 Å². The smallest absolute Gasteiger partial charge is 0.250 e. The average Bonchev–Trinajstić information content (AvgIpc) is 2.63. The van der Waals surface area contributed by atoms with Crippen molar-refractivity contribution in [1.29, 1.82) is 0 Å². The van der Waals surface area contributed by atoms with Gasteiger partial charge in [-0.3, -0.25) is 0 Å². The zero-order valence-electron chi connectivity index (χ0n) is 14.5. The minimum atomic E-state index is -1.74. The Hall–Kier alpha value is -1.34. The Morgan fingerprint density at radius 3 is 2.54 bits per heavy atom. The van der Waals surface area contributed by atoms with Crippen molar-refractivity contribution >= 4 is 40.8 Å². The molecule has 1 fully saturated rings. The van der Waals surface area contributed by atoms with Crippen LogP contribution in [0.5, 0.6) is 5.75 Å². The summed E-state index contributed by atoms with van der Waals surface area (Å²) in [5, 5.41) is 3.36. The zero-order valence-corrected chi connectivity index (χ0v) is 16.8. The summed E-state index contributed by atoms with van der Waals surface area (Å²) in [5.74, 6) is 1.62. The average molecular weight is 417 g/mol. The van der Waals surface area contributed by atoms with Crippen LogP contribution in [-0.4, -0.2) is 53.1 Å². The second-order valence-electron chi connectivity index (χ2n) is 6.26. The van der Waals surface area contributed by atoms with Crippen molar-refractivity contribution in [3.05, 3.63) is 30.1 Å². The number of alkyl halides is 3. The normalized spacial score (nSPS) is 16.5. The first-order chi connectivity index (χ1) is 12.3. The summed E-state index contributed by atoms with van der Waals surface area (Å²) in [6, 6.07) is 7.68. The van der Waals surface area contributed by atoms with Crippen LogP contribution in [0.1, 0.15) is 18.7 Å². The molecule has 0 atom stereocenters. The van der Waals surface area contributed by atoms with Gasteiger partial charge in [-0.05, 0) is 45.1 Å². The monoisotopic (exact) mass is 415 g/mol. The van der Waals surface area contributed by atoms with E-state index in [2.05, 4.69) is 32.2 Å². The molecule has 1 aliphatic heterocycles. The van der Waals surface area contributed by atoms with Crippen molar-refractivity contribution in [1.82, 2.24) is 19.9 Å². The van der Waals surface area contributed by atoms with Crippen LogP contribution in [-0.2, 0) is 3.79 Å². The number of likely N-dealkylation sites (tertiary alicyclic amines) is 1. The highest BCUT2D eigenvalue weighted by Gasteiger charge is 2.29. The molecule has 0 radical (unpaired) electrons. The van der Waals surface area contributed by atoms with Crippen LogP contribution in [0.3, 0.4) is 0 Å². The van der Waals surface area contributed by atoms with Gasteiger partial charge in [0, 0.05) is 11.6 Å². The lowest BCUT2D eigenvalue weighted by Crippen LogP contribution is -2.37. The van der Waals surface area contributed by atoms with E-state index in [0.717, 1.165) is 31.5 Å². The second-order valence-corrected chi connectivity index (χ2v) is 8.54. The van der Waals surface area contributed by atoms with Crippen molar-refractivity contribution in [2.75, 3.05) is 32.6 Å². The van der Waals surface area contributed by atoms with Crippen LogP contribution in [0.4, 0.5) is 5.95 Å². The van der Waals surface area contributed by atoms with Crippen LogP contribution in [0, 0.1) is 0 Å². The SMILES string of the molecule is COc1cccc(-c2nc(NC3CCN(C)CC3)nc(C(Cl)(Cl)Cl)n2)c1. The third kappa shape index (κ3) is 4.88. The van der Waals surface area contributed by atoms with E-state index < -0.39 is 3.79 Å². The van der Waals surface area contributed by atoms with E-state index in [-0.39, 0.29) is 11.9 Å². The molecule has 1 saturated heterocycles. The largest absolute Gasteiger partial charge is 0.497 e. The number of anilines is 1. The number of halogens is 3. The van der Waals surface area contributed by atoms with Crippen molar-refractivity contribution in [2.45, 2.75) is 22.7 Å². The lowest BCUT2D eigenvalue weighted by Gasteiger charge is -2.29. The number of hydrogen-bond acceptors (Lipinski definition) is 6. The summed E-state index contributed by atoms with van der Waals surface area (Å²) >= 11 is 18.1. The van der Waals surface area contributed by atoms with Crippen LogP contribution >= 0.6 is 34.8 Å². The molecule has 140 valence electrons. The summed E-state index contributed by atoms with van der Waals surface area (Å²) in [6.07, 6.45) is 2.00. The molecule has 1 aliphatic rings. The van der Waals surface area contributed by atoms with Gasteiger partial charge in [-0.25, -0.2) is 4.98 Å². The van der Waals surface area contributed by atoms with Gasteiger partial charge in [0.25, 0.3) is 0 Å². The third-order valence-electron chi connectivity index (χ3n) is 4.27. The molecule has 26 heavy (non-hydrogen) atoms. The number of hydrogen-bond donors (Lipinski definition) is 1. The van der Waals surface area contributed by atoms with Gasteiger partial charge in [-0.15, -0.1) is 0 Å². The van der Waals surface area contributed by atoms with Gasteiger partial charge in [0.2, 0.25) is 9.74 Å². The number of piperidine rings is 1. The standard InChI is InChI=1S/C17H20Cl3N5O/c1-25-8-6-12(7-9-25)21-16-23-14(22-15(24-16)17(18,19)20)11-4-3-5-13(10-11)26-2/h3-5,10,12H,6-9H2,1-2H3,(H,21,22,23,24). The van der Waals surface area contributed by atoms with Gasteiger partial charge in [-0.2, -0.15) is 9.97 Å². The first-order valence-corrected chi connectivity index (χ1v) is 9.41. The lowest BCUT2D eigenvalue weighted by atomic mass is 10.1.